The minimum atomic E-state index is -0.295. The number of aryl methyl sites for hydroxylation is 1. The van der Waals surface area contributed by atoms with Gasteiger partial charge in [0.25, 0.3) is 0 Å². The first-order valence-electron chi connectivity index (χ1n) is 6.06. The standard InChI is InChI=1S/C13H16BrFN4/c1-2-19-6-5-17-13(19)8-12(18-16)9-3-4-10(14)11(15)7-9/h3-7,12,18H,2,8,16H2,1H3. The number of benzene rings is 1. The summed E-state index contributed by atoms with van der Waals surface area (Å²) < 4.78 is 16.1. The Morgan fingerprint density at radius 1 is 1.53 bits per heavy atom. The first-order valence-corrected chi connectivity index (χ1v) is 6.86. The van der Waals surface area contributed by atoms with Gasteiger partial charge in [-0.1, -0.05) is 6.07 Å². The highest BCUT2D eigenvalue weighted by Crippen LogP contribution is 2.22. The van der Waals surface area contributed by atoms with E-state index in [2.05, 4.69) is 33.3 Å². The van der Waals surface area contributed by atoms with Crippen LogP contribution in [0.25, 0.3) is 0 Å². The zero-order valence-corrected chi connectivity index (χ0v) is 12.2. The summed E-state index contributed by atoms with van der Waals surface area (Å²) in [4.78, 5) is 4.30. The van der Waals surface area contributed by atoms with Crippen molar-refractivity contribution < 1.29 is 4.39 Å². The molecule has 102 valence electrons. The summed E-state index contributed by atoms with van der Waals surface area (Å²) in [6, 6.07) is 4.83. The zero-order valence-electron chi connectivity index (χ0n) is 10.6. The third-order valence-corrected chi connectivity index (χ3v) is 3.72. The number of hydrogen-bond acceptors (Lipinski definition) is 3. The lowest BCUT2D eigenvalue weighted by molar-refractivity contribution is 0.518. The van der Waals surface area contributed by atoms with Gasteiger partial charge in [-0.05, 0) is 40.5 Å². The fraction of sp³-hybridized carbons (Fsp3) is 0.308. The van der Waals surface area contributed by atoms with Crippen molar-refractivity contribution >= 4 is 15.9 Å². The van der Waals surface area contributed by atoms with E-state index in [0.29, 0.717) is 10.9 Å². The Balaban J connectivity index is 2.22. The Labute approximate surface area is 119 Å². The second-order valence-corrected chi connectivity index (χ2v) is 5.08. The van der Waals surface area contributed by atoms with Gasteiger partial charge in [-0.3, -0.25) is 11.3 Å². The third-order valence-electron chi connectivity index (χ3n) is 3.08. The summed E-state index contributed by atoms with van der Waals surface area (Å²) in [5, 5.41) is 0. The van der Waals surface area contributed by atoms with E-state index in [1.165, 1.54) is 6.07 Å². The minimum absolute atomic E-state index is 0.171. The fourth-order valence-corrected chi connectivity index (χ4v) is 2.25. The number of rotatable bonds is 5. The predicted octanol–water partition coefficient (Wildman–Crippen LogP) is 2.55. The number of halogens is 2. The van der Waals surface area contributed by atoms with Crippen LogP contribution < -0.4 is 11.3 Å². The number of nitrogens with zero attached hydrogens (tertiary/aromatic N) is 2. The molecule has 1 atom stereocenters. The Morgan fingerprint density at radius 3 is 2.95 bits per heavy atom. The molecule has 0 radical (unpaired) electrons. The van der Waals surface area contributed by atoms with Crippen LogP contribution >= 0.6 is 15.9 Å². The number of aromatic nitrogens is 2. The van der Waals surface area contributed by atoms with Gasteiger partial charge < -0.3 is 4.57 Å². The number of hydrazine groups is 1. The van der Waals surface area contributed by atoms with Gasteiger partial charge >= 0.3 is 0 Å². The molecule has 1 unspecified atom stereocenters. The van der Waals surface area contributed by atoms with Gasteiger partial charge in [-0.15, -0.1) is 0 Å². The molecule has 0 fully saturated rings. The molecule has 0 saturated heterocycles. The molecule has 2 rings (SSSR count). The Hall–Kier alpha value is -1.24. The summed E-state index contributed by atoms with van der Waals surface area (Å²) in [6.45, 7) is 2.90. The lowest BCUT2D eigenvalue weighted by atomic mass is 10.0. The van der Waals surface area contributed by atoms with Gasteiger partial charge in [0.05, 0.1) is 10.5 Å². The third kappa shape index (κ3) is 3.20. The maximum absolute atomic E-state index is 13.6. The molecule has 0 spiro atoms. The Morgan fingerprint density at radius 2 is 2.32 bits per heavy atom. The molecule has 0 aliphatic rings. The maximum Gasteiger partial charge on any atom is 0.137 e. The van der Waals surface area contributed by atoms with E-state index in [1.54, 1.807) is 12.3 Å². The minimum Gasteiger partial charge on any atom is -0.335 e. The largest absolute Gasteiger partial charge is 0.335 e. The van der Waals surface area contributed by atoms with Crippen molar-refractivity contribution in [1.29, 1.82) is 0 Å². The molecule has 2 aromatic rings. The van der Waals surface area contributed by atoms with Gasteiger partial charge in [0, 0.05) is 25.4 Å². The van der Waals surface area contributed by atoms with Crippen LogP contribution in [0.3, 0.4) is 0 Å². The highest BCUT2D eigenvalue weighted by Gasteiger charge is 2.15. The van der Waals surface area contributed by atoms with E-state index in [-0.39, 0.29) is 11.9 Å². The summed E-state index contributed by atoms with van der Waals surface area (Å²) >= 11 is 3.14. The molecule has 3 N–H and O–H groups in total. The van der Waals surface area contributed by atoms with Crippen LogP contribution in [-0.2, 0) is 13.0 Å². The second kappa shape index (κ2) is 6.27. The molecule has 0 aliphatic carbocycles. The smallest absolute Gasteiger partial charge is 0.137 e. The number of nitrogens with one attached hydrogen (secondary N) is 1. The van der Waals surface area contributed by atoms with Crippen LogP contribution in [0.2, 0.25) is 0 Å². The lowest BCUT2D eigenvalue weighted by Gasteiger charge is -2.17. The van der Waals surface area contributed by atoms with E-state index in [4.69, 9.17) is 5.84 Å². The molecule has 4 nitrogen and oxygen atoms in total. The molecule has 0 bridgehead atoms. The zero-order chi connectivity index (χ0) is 13.8. The molecule has 19 heavy (non-hydrogen) atoms. The van der Waals surface area contributed by atoms with Crippen molar-refractivity contribution in [2.45, 2.75) is 25.9 Å². The summed E-state index contributed by atoms with van der Waals surface area (Å²) in [7, 11) is 0. The summed E-state index contributed by atoms with van der Waals surface area (Å²) in [5.41, 5.74) is 3.52. The van der Waals surface area contributed by atoms with Crippen molar-refractivity contribution in [2.24, 2.45) is 5.84 Å². The van der Waals surface area contributed by atoms with Crippen molar-refractivity contribution in [1.82, 2.24) is 15.0 Å². The van der Waals surface area contributed by atoms with Crippen LogP contribution in [0.1, 0.15) is 24.4 Å². The molecule has 0 aliphatic heterocycles. The SMILES string of the molecule is CCn1ccnc1CC(NN)c1ccc(Br)c(F)c1. The maximum atomic E-state index is 13.6. The highest BCUT2D eigenvalue weighted by atomic mass is 79.9. The average molecular weight is 327 g/mol. The lowest BCUT2D eigenvalue weighted by Crippen LogP contribution is -2.30. The molecule has 1 aromatic carbocycles. The summed E-state index contributed by atoms with van der Waals surface area (Å²) in [6.07, 6.45) is 4.29. The van der Waals surface area contributed by atoms with Crippen LogP contribution in [0.15, 0.2) is 35.1 Å². The van der Waals surface area contributed by atoms with Crippen molar-refractivity contribution in [3.63, 3.8) is 0 Å². The molecular formula is C13H16BrFN4. The first kappa shape index (κ1) is 14.2. The Kier molecular flexibility index (Phi) is 4.68. The van der Waals surface area contributed by atoms with Gasteiger partial charge in [-0.2, -0.15) is 0 Å². The molecular weight excluding hydrogens is 311 g/mol. The van der Waals surface area contributed by atoms with Crippen LogP contribution in [0.5, 0.6) is 0 Å². The van der Waals surface area contributed by atoms with Crippen molar-refractivity contribution in [3.05, 3.63) is 52.3 Å². The molecule has 1 heterocycles. The second-order valence-electron chi connectivity index (χ2n) is 4.23. The first-order chi connectivity index (χ1) is 9.15. The van der Waals surface area contributed by atoms with Gasteiger partial charge in [-0.25, -0.2) is 9.37 Å². The predicted molar refractivity (Wildman–Crippen MR) is 75.8 cm³/mol. The molecule has 0 amide bonds. The topological polar surface area (TPSA) is 55.9 Å². The van der Waals surface area contributed by atoms with E-state index >= 15 is 0 Å². The number of imidazole rings is 1. The molecule has 6 heteroatoms. The average Bonchev–Trinajstić information content (AvgIpc) is 2.86. The Bertz CT molecular complexity index is 555. The summed E-state index contributed by atoms with van der Waals surface area (Å²) in [5.74, 6) is 6.21. The van der Waals surface area contributed by atoms with Crippen molar-refractivity contribution in [3.8, 4) is 0 Å². The normalized spacial score (nSPS) is 12.6. The van der Waals surface area contributed by atoms with Gasteiger partial charge in [0.1, 0.15) is 11.6 Å². The van der Waals surface area contributed by atoms with E-state index in [1.807, 2.05) is 16.8 Å². The monoisotopic (exact) mass is 326 g/mol. The fourth-order valence-electron chi connectivity index (χ4n) is 2.00. The highest BCUT2D eigenvalue weighted by molar-refractivity contribution is 9.10. The van der Waals surface area contributed by atoms with Crippen LogP contribution in [-0.4, -0.2) is 9.55 Å². The number of nitrogens with two attached hydrogens (primary N) is 1. The van der Waals surface area contributed by atoms with Gasteiger partial charge in [0.2, 0.25) is 0 Å². The van der Waals surface area contributed by atoms with E-state index in [0.717, 1.165) is 17.9 Å². The van der Waals surface area contributed by atoms with Crippen molar-refractivity contribution in [2.75, 3.05) is 0 Å². The van der Waals surface area contributed by atoms with Gasteiger partial charge in [0.15, 0.2) is 0 Å². The quantitative estimate of drug-likeness (QED) is 0.655. The van der Waals surface area contributed by atoms with Crippen LogP contribution in [0, 0.1) is 5.82 Å². The molecule has 1 aromatic heterocycles. The van der Waals surface area contributed by atoms with Crippen LogP contribution in [0.4, 0.5) is 4.39 Å². The number of hydrogen-bond donors (Lipinski definition) is 2. The molecule has 0 saturated carbocycles. The van der Waals surface area contributed by atoms with E-state index in [9.17, 15) is 4.39 Å². The van der Waals surface area contributed by atoms with E-state index < -0.39 is 0 Å².